The molecule has 0 aromatic heterocycles. The minimum absolute atomic E-state index is 0.114. The van der Waals surface area contributed by atoms with Gasteiger partial charge < -0.3 is 9.47 Å². The van der Waals surface area contributed by atoms with Crippen LogP contribution in [0.25, 0.3) is 10.8 Å². The fourth-order valence-corrected chi connectivity index (χ4v) is 2.75. The summed E-state index contributed by atoms with van der Waals surface area (Å²) in [5.41, 5.74) is 3.27. The second-order valence-corrected chi connectivity index (χ2v) is 6.43. The van der Waals surface area contributed by atoms with Crippen LogP contribution in [0.1, 0.15) is 5.56 Å². The van der Waals surface area contributed by atoms with Crippen LogP contribution in [0.15, 0.2) is 70.2 Å². The van der Waals surface area contributed by atoms with Crippen molar-refractivity contribution in [3.63, 3.8) is 0 Å². The maximum absolute atomic E-state index is 11.9. The largest absolute Gasteiger partial charge is 0.497 e. The maximum atomic E-state index is 11.9. The van der Waals surface area contributed by atoms with Crippen LogP contribution in [0, 0.1) is 0 Å². The topological polar surface area (TPSA) is 59.9 Å². The lowest BCUT2D eigenvalue weighted by Gasteiger charge is -2.06. The molecule has 0 spiro atoms. The average molecular weight is 413 g/mol. The Morgan fingerprint density at radius 1 is 1.08 bits per heavy atom. The lowest BCUT2D eigenvalue weighted by atomic mass is 10.1. The molecule has 0 bridgehead atoms. The van der Waals surface area contributed by atoms with Gasteiger partial charge in [0.25, 0.3) is 5.91 Å². The van der Waals surface area contributed by atoms with Gasteiger partial charge in [-0.1, -0.05) is 40.2 Å². The fourth-order valence-electron chi connectivity index (χ4n) is 2.37. The number of hydrogen-bond donors (Lipinski definition) is 1. The first kappa shape index (κ1) is 17.9. The molecule has 0 heterocycles. The number of rotatable bonds is 6. The molecular formula is C20H17BrN2O3. The van der Waals surface area contributed by atoms with E-state index in [0.29, 0.717) is 5.75 Å². The lowest BCUT2D eigenvalue weighted by molar-refractivity contribution is -0.123. The van der Waals surface area contributed by atoms with E-state index in [9.17, 15) is 4.79 Å². The molecule has 0 saturated carbocycles. The third-order valence-corrected chi connectivity index (χ3v) is 4.13. The number of hydrogen-bond acceptors (Lipinski definition) is 4. The molecule has 26 heavy (non-hydrogen) atoms. The fraction of sp³-hybridized carbons (Fsp3) is 0.100. The smallest absolute Gasteiger partial charge is 0.277 e. The van der Waals surface area contributed by atoms with E-state index in [2.05, 4.69) is 26.5 Å². The summed E-state index contributed by atoms with van der Waals surface area (Å²) < 4.78 is 11.7. The number of carbonyl (C=O) groups is 1. The molecule has 0 saturated heterocycles. The number of benzene rings is 3. The Labute approximate surface area is 159 Å². The molecule has 0 aliphatic heterocycles. The molecule has 0 fully saturated rings. The molecule has 0 unspecified atom stereocenters. The second kappa shape index (κ2) is 8.49. The highest BCUT2D eigenvalue weighted by atomic mass is 79.9. The highest BCUT2D eigenvalue weighted by molar-refractivity contribution is 9.10. The predicted octanol–water partition coefficient (Wildman–Crippen LogP) is 4.14. The first-order valence-corrected chi connectivity index (χ1v) is 8.71. The van der Waals surface area contributed by atoms with E-state index in [1.165, 1.54) is 0 Å². The number of nitrogens with zero attached hydrogens (tertiary/aromatic N) is 1. The molecular weight excluding hydrogens is 396 g/mol. The quantitative estimate of drug-likeness (QED) is 0.488. The molecule has 0 radical (unpaired) electrons. The first-order chi connectivity index (χ1) is 12.6. The summed E-state index contributed by atoms with van der Waals surface area (Å²) >= 11 is 3.45. The van der Waals surface area contributed by atoms with Crippen molar-refractivity contribution in [1.82, 2.24) is 5.43 Å². The molecule has 132 valence electrons. The van der Waals surface area contributed by atoms with Gasteiger partial charge in [0.2, 0.25) is 0 Å². The molecule has 0 aliphatic carbocycles. The van der Waals surface area contributed by atoms with E-state index >= 15 is 0 Å². The third kappa shape index (κ3) is 4.83. The summed E-state index contributed by atoms with van der Waals surface area (Å²) in [7, 11) is 1.60. The number of fused-ring (bicyclic) bond motifs is 1. The highest BCUT2D eigenvalue weighted by Crippen LogP contribution is 2.24. The molecule has 0 aliphatic rings. The van der Waals surface area contributed by atoms with Gasteiger partial charge in [-0.15, -0.1) is 0 Å². The van der Waals surface area contributed by atoms with Gasteiger partial charge in [-0.3, -0.25) is 4.79 Å². The summed E-state index contributed by atoms with van der Waals surface area (Å²) in [6.07, 6.45) is 1.55. The van der Waals surface area contributed by atoms with Gasteiger partial charge in [0, 0.05) is 4.47 Å². The minimum atomic E-state index is -0.333. The third-order valence-electron chi connectivity index (χ3n) is 3.64. The molecule has 3 aromatic carbocycles. The number of halogens is 1. The Bertz CT molecular complexity index is 957. The lowest BCUT2D eigenvalue weighted by Crippen LogP contribution is -2.24. The van der Waals surface area contributed by atoms with E-state index in [0.717, 1.165) is 26.6 Å². The summed E-state index contributed by atoms with van der Waals surface area (Å²) in [6.45, 7) is -0.114. The van der Waals surface area contributed by atoms with Crippen LogP contribution in [0.5, 0.6) is 11.5 Å². The van der Waals surface area contributed by atoms with Gasteiger partial charge >= 0.3 is 0 Å². The van der Waals surface area contributed by atoms with Crippen LogP contribution >= 0.6 is 15.9 Å². The SMILES string of the molecule is COc1cccc(/C=N\NC(=O)COc2ccc3cc(Br)ccc3c2)c1. The van der Waals surface area contributed by atoms with Gasteiger partial charge in [-0.05, 0) is 52.7 Å². The van der Waals surface area contributed by atoms with Crippen molar-refractivity contribution in [3.8, 4) is 11.5 Å². The molecule has 0 atom stereocenters. The van der Waals surface area contributed by atoms with Gasteiger partial charge in [0.1, 0.15) is 11.5 Å². The van der Waals surface area contributed by atoms with Crippen molar-refractivity contribution in [2.24, 2.45) is 5.10 Å². The first-order valence-electron chi connectivity index (χ1n) is 7.92. The normalized spacial score (nSPS) is 10.8. The Kier molecular flexibility index (Phi) is 5.86. The predicted molar refractivity (Wildman–Crippen MR) is 106 cm³/mol. The zero-order chi connectivity index (χ0) is 18.4. The molecule has 1 amide bonds. The average Bonchev–Trinajstić information content (AvgIpc) is 2.66. The van der Waals surface area contributed by atoms with Crippen molar-refractivity contribution < 1.29 is 14.3 Å². The van der Waals surface area contributed by atoms with Crippen molar-refractivity contribution in [2.45, 2.75) is 0 Å². The van der Waals surface area contributed by atoms with Gasteiger partial charge in [0.15, 0.2) is 6.61 Å². The van der Waals surface area contributed by atoms with E-state index in [4.69, 9.17) is 9.47 Å². The number of hydrazone groups is 1. The number of nitrogens with one attached hydrogen (secondary N) is 1. The van der Waals surface area contributed by atoms with E-state index < -0.39 is 0 Å². The molecule has 3 rings (SSSR count). The maximum Gasteiger partial charge on any atom is 0.277 e. The number of carbonyl (C=O) groups excluding carboxylic acids is 1. The van der Waals surface area contributed by atoms with Crippen LogP contribution in [-0.4, -0.2) is 25.8 Å². The standard InChI is InChI=1S/C20H17BrN2O3/c1-25-18-4-2-3-14(9-18)12-22-23-20(24)13-26-19-8-6-15-10-17(21)7-5-16(15)11-19/h2-12H,13H2,1H3,(H,23,24)/b22-12-. The summed E-state index contributed by atoms with van der Waals surface area (Å²) in [5, 5.41) is 6.06. The van der Waals surface area contributed by atoms with Crippen molar-refractivity contribution in [2.75, 3.05) is 13.7 Å². The number of ether oxygens (including phenoxy) is 2. The molecule has 5 nitrogen and oxygen atoms in total. The monoisotopic (exact) mass is 412 g/mol. The zero-order valence-electron chi connectivity index (χ0n) is 14.1. The molecule has 1 N–H and O–H groups in total. The van der Waals surface area contributed by atoms with Crippen LogP contribution in [0.2, 0.25) is 0 Å². The summed E-state index contributed by atoms with van der Waals surface area (Å²) in [4.78, 5) is 11.9. The zero-order valence-corrected chi connectivity index (χ0v) is 15.7. The Hall–Kier alpha value is -2.86. The number of methoxy groups -OCH3 is 1. The van der Waals surface area contributed by atoms with E-state index in [1.54, 1.807) is 13.3 Å². The van der Waals surface area contributed by atoms with Crippen molar-refractivity contribution in [1.29, 1.82) is 0 Å². The molecule has 6 heteroatoms. The van der Waals surface area contributed by atoms with Gasteiger partial charge in [-0.2, -0.15) is 5.10 Å². The van der Waals surface area contributed by atoms with Crippen LogP contribution in [0.4, 0.5) is 0 Å². The Morgan fingerprint density at radius 3 is 2.73 bits per heavy atom. The van der Waals surface area contributed by atoms with Crippen LogP contribution in [-0.2, 0) is 4.79 Å². The summed E-state index contributed by atoms with van der Waals surface area (Å²) in [5.74, 6) is 1.03. The molecule has 3 aromatic rings. The van der Waals surface area contributed by atoms with Crippen molar-refractivity contribution >= 4 is 38.8 Å². The summed E-state index contributed by atoms with van der Waals surface area (Å²) in [6, 6.07) is 19.0. The Morgan fingerprint density at radius 2 is 1.88 bits per heavy atom. The van der Waals surface area contributed by atoms with Crippen molar-refractivity contribution in [3.05, 3.63) is 70.7 Å². The van der Waals surface area contributed by atoms with Gasteiger partial charge in [0.05, 0.1) is 13.3 Å². The Balaban J connectivity index is 1.53. The minimum Gasteiger partial charge on any atom is -0.497 e. The van der Waals surface area contributed by atoms with Gasteiger partial charge in [-0.25, -0.2) is 5.43 Å². The van der Waals surface area contributed by atoms with E-state index in [1.807, 2.05) is 60.7 Å². The van der Waals surface area contributed by atoms with Crippen LogP contribution in [0.3, 0.4) is 0 Å². The number of amides is 1. The van der Waals surface area contributed by atoms with E-state index in [-0.39, 0.29) is 12.5 Å². The highest BCUT2D eigenvalue weighted by Gasteiger charge is 2.03. The second-order valence-electron chi connectivity index (χ2n) is 5.51. The van der Waals surface area contributed by atoms with Crippen LogP contribution < -0.4 is 14.9 Å².